The van der Waals surface area contributed by atoms with Crippen molar-refractivity contribution in [1.82, 2.24) is 0 Å². The molecule has 0 rings (SSSR count). The number of carboxylic acid groups (broad SMARTS) is 1. The minimum absolute atomic E-state index is 0.300. The summed E-state index contributed by atoms with van der Waals surface area (Å²) in [6.07, 6.45) is 25.9. The third kappa shape index (κ3) is 18.4. The van der Waals surface area contributed by atoms with Gasteiger partial charge in [0.2, 0.25) is 0 Å². The zero-order valence-corrected chi connectivity index (χ0v) is 13.3. The Hall–Kier alpha value is -1.57. The average molecular weight is 290 g/mol. The molecule has 0 saturated heterocycles. The second kappa shape index (κ2) is 16.5. The quantitative estimate of drug-likeness (QED) is 0.342. The van der Waals surface area contributed by atoms with Gasteiger partial charge in [0.05, 0.1) is 0 Å². The molecule has 0 fully saturated rings. The van der Waals surface area contributed by atoms with E-state index in [0.29, 0.717) is 6.42 Å². The van der Waals surface area contributed by atoms with Crippen LogP contribution >= 0.6 is 0 Å². The number of unbranched alkanes of at least 4 members (excludes halogenated alkanes) is 3. The Labute approximate surface area is 130 Å². The van der Waals surface area contributed by atoms with Gasteiger partial charge in [0, 0.05) is 6.42 Å². The van der Waals surface area contributed by atoms with Gasteiger partial charge in [0.1, 0.15) is 0 Å². The molecule has 0 aromatic carbocycles. The maximum Gasteiger partial charge on any atom is 0.303 e. The highest BCUT2D eigenvalue weighted by Crippen LogP contribution is 2.04. The minimum atomic E-state index is -0.689. The monoisotopic (exact) mass is 290 g/mol. The van der Waals surface area contributed by atoms with E-state index in [1.165, 1.54) is 0 Å². The van der Waals surface area contributed by atoms with Crippen LogP contribution in [-0.4, -0.2) is 11.1 Å². The summed E-state index contributed by atoms with van der Waals surface area (Å²) in [5.74, 6) is -0.689. The summed E-state index contributed by atoms with van der Waals surface area (Å²) in [4.78, 5) is 10.3. The third-order valence-electron chi connectivity index (χ3n) is 2.98. The van der Waals surface area contributed by atoms with Gasteiger partial charge in [-0.1, -0.05) is 62.0 Å². The second-order valence-corrected chi connectivity index (χ2v) is 4.99. The predicted octanol–water partition coefficient (Wildman–Crippen LogP) is 5.83. The van der Waals surface area contributed by atoms with Crippen LogP contribution in [0.5, 0.6) is 0 Å². The van der Waals surface area contributed by atoms with E-state index in [1.807, 2.05) is 0 Å². The first-order valence-electron chi connectivity index (χ1n) is 8.09. The number of hydrogen-bond acceptors (Lipinski definition) is 1. The Balaban J connectivity index is 3.36. The van der Waals surface area contributed by atoms with E-state index >= 15 is 0 Å². The van der Waals surface area contributed by atoms with Crippen LogP contribution < -0.4 is 0 Å². The first-order valence-corrected chi connectivity index (χ1v) is 8.09. The predicted molar refractivity (Wildman–Crippen MR) is 91.4 cm³/mol. The highest BCUT2D eigenvalue weighted by atomic mass is 16.4. The Morgan fingerprint density at radius 3 is 1.81 bits per heavy atom. The lowest BCUT2D eigenvalue weighted by Crippen LogP contribution is -1.93. The van der Waals surface area contributed by atoms with Gasteiger partial charge in [-0.15, -0.1) is 0 Å². The van der Waals surface area contributed by atoms with Crippen molar-refractivity contribution in [3.63, 3.8) is 0 Å². The molecule has 0 aliphatic heterocycles. The summed E-state index contributed by atoms with van der Waals surface area (Å²) in [5, 5.41) is 8.50. The van der Waals surface area contributed by atoms with Crippen LogP contribution in [0.3, 0.4) is 0 Å². The van der Waals surface area contributed by atoms with Crippen LogP contribution in [0.25, 0.3) is 0 Å². The SMILES string of the molecule is CC/C=C\C/C=C\C/C=C\C/C=C\CCCCCC(=O)O. The van der Waals surface area contributed by atoms with Gasteiger partial charge in [-0.25, -0.2) is 0 Å². The van der Waals surface area contributed by atoms with Crippen molar-refractivity contribution < 1.29 is 9.90 Å². The number of rotatable bonds is 13. The van der Waals surface area contributed by atoms with Crippen LogP contribution in [0.15, 0.2) is 48.6 Å². The molecule has 118 valence electrons. The van der Waals surface area contributed by atoms with Crippen molar-refractivity contribution >= 4 is 5.97 Å². The number of allylic oxidation sites excluding steroid dienone is 8. The van der Waals surface area contributed by atoms with E-state index in [9.17, 15) is 4.79 Å². The van der Waals surface area contributed by atoms with Crippen LogP contribution in [0.2, 0.25) is 0 Å². The molecule has 0 heterocycles. The largest absolute Gasteiger partial charge is 0.481 e. The van der Waals surface area contributed by atoms with Crippen LogP contribution in [0.1, 0.15) is 64.7 Å². The highest BCUT2D eigenvalue weighted by Gasteiger charge is 1.94. The minimum Gasteiger partial charge on any atom is -0.481 e. The Morgan fingerprint density at radius 2 is 1.29 bits per heavy atom. The van der Waals surface area contributed by atoms with Gasteiger partial charge in [-0.05, 0) is 44.9 Å². The fourth-order valence-electron chi connectivity index (χ4n) is 1.81. The Morgan fingerprint density at radius 1 is 0.762 bits per heavy atom. The first-order chi connectivity index (χ1) is 10.3. The average Bonchev–Trinajstić information content (AvgIpc) is 2.46. The fraction of sp³-hybridized carbons (Fsp3) is 0.526. The molecule has 0 radical (unpaired) electrons. The molecule has 0 aliphatic rings. The molecule has 1 N–H and O–H groups in total. The second-order valence-electron chi connectivity index (χ2n) is 4.99. The number of hydrogen-bond donors (Lipinski definition) is 1. The Kier molecular flexibility index (Phi) is 15.3. The number of carbonyl (C=O) groups is 1. The molecule has 0 spiro atoms. The molecule has 0 aromatic rings. The van der Waals surface area contributed by atoms with Crippen molar-refractivity contribution in [2.75, 3.05) is 0 Å². The standard InChI is InChI=1S/C19H30O2/c1-2-3-4-5-6-7-8-9-10-11-12-13-14-15-16-17-18-19(20)21/h3-4,6-7,9-10,12-13H,2,5,8,11,14-18H2,1H3,(H,20,21)/b4-3-,7-6-,10-9-,13-12-. The summed E-state index contributed by atoms with van der Waals surface area (Å²) in [7, 11) is 0. The van der Waals surface area contributed by atoms with E-state index in [2.05, 4.69) is 55.5 Å². The summed E-state index contributed by atoms with van der Waals surface area (Å²) >= 11 is 0. The Bertz CT molecular complexity index is 349. The maximum absolute atomic E-state index is 10.3. The van der Waals surface area contributed by atoms with Crippen molar-refractivity contribution in [1.29, 1.82) is 0 Å². The van der Waals surface area contributed by atoms with Gasteiger partial charge in [-0.2, -0.15) is 0 Å². The molecule has 0 saturated carbocycles. The van der Waals surface area contributed by atoms with Crippen LogP contribution in [0.4, 0.5) is 0 Å². The molecule has 2 nitrogen and oxygen atoms in total. The van der Waals surface area contributed by atoms with E-state index in [4.69, 9.17) is 5.11 Å². The molecular formula is C19H30O2. The third-order valence-corrected chi connectivity index (χ3v) is 2.98. The summed E-state index contributed by atoms with van der Waals surface area (Å²) < 4.78 is 0. The van der Waals surface area contributed by atoms with Crippen molar-refractivity contribution in [2.45, 2.75) is 64.7 Å². The van der Waals surface area contributed by atoms with Crippen molar-refractivity contribution in [3.8, 4) is 0 Å². The van der Waals surface area contributed by atoms with Crippen molar-refractivity contribution in [2.24, 2.45) is 0 Å². The number of aliphatic carboxylic acids is 1. The van der Waals surface area contributed by atoms with Crippen molar-refractivity contribution in [3.05, 3.63) is 48.6 Å². The first kappa shape index (κ1) is 19.4. The fourth-order valence-corrected chi connectivity index (χ4v) is 1.81. The van der Waals surface area contributed by atoms with Gasteiger partial charge in [0.15, 0.2) is 0 Å². The van der Waals surface area contributed by atoms with Gasteiger partial charge in [-0.3, -0.25) is 4.79 Å². The lowest BCUT2D eigenvalue weighted by molar-refractivity contribution is -0.137. The molecule has 0 atom stereocenters. The molecular weight excluding hydrogens is 260 g/mol. The van der Waals surface area contributed by atoms with E-state index in [-0.39, 0.29) is 0 Å². The van der Waals surface area contributed by atoms with Crippen LogP contribution in [-0.2, 0) is 4.79 Å². The molecule has 0 bridgehead atoms. The van der Waals surface area contributed by atoms with Crippen LogP contribution in [0, 0.1) is 0 Å². The van der Waals surface area contributed by atoms with E-state index in [1.54, 1.807) is 0 Å². The highest BCUT2D eigenvalue weighted by molar-refractivity contribution is 5.66. The van der Waals surface area contributed by atoms with Gasteiger partial charge >= 0.3 is 5.97 Å². The topological polar surface area (TPSA) is 37.3 Å². The summed E-state index contributed by atoms with van der Waals surface area (Å²) in [6.45, 7) is 2.15. The zero-order chi connectivity index (χ0) is 15.6. The summed E-state index contributed by atoms with van der Waals surface area (Å²) in [5.41, 5.74) is 0. The molecule has 0 aromatic heterocycles. The number of carboxylic acids is 1. The molecule has 21 heavy (non-hydrogen) atoms. The lowest BCUT2D eigenvalue weighted by atomic mass is 10.1. The van der Waals surface area contributed by atoms with Gasteiger partial charge in [0.25, 0.3) is 0 Å². The molecule has 0 unspecified atom stereocenters. The van der Waals surface area contributed by atoms with Gasteiger partial charge < -0.3 is 5.11 Å². The van der Waals surface area contributed by atoms with E-state index < -0.39 is 5.97 Å². The molecule has 0 aliphatic carbocycles. The summed E-state index contributed by atoms with van der Waals surface area (Å²) in [6, 6.07) is 0. The van der Waals surface area contributed by atoms with E-state index in [0.717, 1.165) is 51.4 Å². The molecule has 2 heteroatoms. The zero-order valence-electron chi connectivity index (χ0n) is 13.3. The lowest BCUT2D eigenvalue weighted by Gasteiger charge is -1.94. The normalized spacial score (nSPS) is 12.4. The maximum atomic E-state index is 10.3. The smallest absolute Gasteiger partial charge is 0.303 e. The molecule has 0 amide bonds.